The minimum atomic E-state index is -3.64. The van der Waals surface area contributed by atoms with Crippen LogP contribution in [-0.2, 0) is 14.8 Å². The lowest BCUT2D eigenvalue weighted by molar-refractivity contribution is -0.00771. The van der Waals surface area contributed by atoms with Crippen molar-refractivity contribution < 1.29 is 13.2 Å². The molecule has 1 aliphatic heterocycles. The monoisotopic (exact) mass is 290 g/mol. The Morgan fingerprint density at radius 2 is 2.22 bits per heavy atom. The molecule has 0 amide bonds. The molecule has 5 nitrogen and oxygen atoms in total. The maximum absolute atomic E-state index is 12.6. The first kappa shape index (κ1) is 13.7. The van der Waals surface area contributed by atoms with Crippen LogP contribution < -0.4 is 0 Å². The molecule has 100 valence electrons. The Bertz CT molecular complexity index is 545. The van der Waals surface area contributed by atoms with Gasteiger partial charge in [-0.3, -0.25) is 0 Å². The summed E-state index contributed by atoms with van der Waals surface area (Å²) in [4.78, 5) is 3.86. The fourth-order valence-corrected chi connectivity index (χ4v) is 4.16. The van der Waals surface area contributed by atoms with E-state index >= 15 is 0 Å². The molecule has 7 heteroatoms. The number of sulfonamides is 1. The summed E-state index contributed by atoms with van der Waals surface area (Å²) >= 11 is 5.87. The van der Waals surface area contributed by atoms with Crippen LogP contribution >= 0.6 is 11.6 Å². The Balaban J connectivity index is 2.46. The van der Waals surface area contributed by atoms with Crippen molar-refractivity contribution in [1.29, 1.82) is 0 Å². The third-order valence-electron chi connectivity index (χ3n) is 2.86. The van der Waals surface area contributed by atoms with Gasteiger partial charge >= 0.3 is 0 Å². The van der Waals surface area contributed by atoms with Crippen LogP contribution in [0.3, 0.4) is 0 Å². The van der Waals surface area contributed by atoms with E-state index in [2.05, 4.69) is 4.98 Å². The van der Waals surface area contributed by atoms with E-state index in [9.17, 15) is 8.42 Å². The van der Waals surface area contributed by atoms with Crippen LogP contribution in [0.15, 0.2) is 23.2 Å². The lowest BCUT2D eigenvalue weighted by Crippen LogP contribution is -2.55. The summed E-state index contributed by atoms with van der Waals surface area (Å²) in [6.45, 7) is 4.73. The van der Waals surface area contributed by atoms with E-state index in [0.717, 1.165) is 0 Å². The van der Waals surface area contributed by atoms with Gasteiger partial charge in [-0.15, -0.1) is 0 Å². The molecule has 0 unspecified atom stereocenters. The zero-order chi connectivity index (χ0) is 13.4. The van der Waals surface area contributed by atoms with Crippen molar-refractivity contribution in [1.82, 2.24) is 9.29 Å². The van der Waals surface area contributed by atoms with Gasteiger partial charge < -0.3 is 4.74 Å². The first-order valence-electron chi connectivity index (χ1n) is 5.57. The molecular weight excluding hydrogens is 276 g/mol. The molecule has 0 aliphatic carbocycles. The smallest absolute Gasteiger partial charge is 0.246 e. The lowest BCUT2D eigenvalue weighted by Gasteiger charge is -2.40. The molecule has 1 saturated heterocycles. The molecule has 0 saturated carbocycles. The zero-order valence-electron chi connectivity index (χ0n) is 10.3. The summed E-state index contributed by atoms with van der Waals surface area (Å²) in [5, 5.41) is -0.000193. The number of aromatic nitrogens is 1. The molecular formula is C11H15ClN2O3S. The SMILES string of the molecule is CC1(C)COCCN1S(=O)(=O)c1cccnc1Cl. The Morgan fingerprint density at radius 3 is 2.83 bits per heavy atom. The van der Waals surface area contributed by atoms with Crippen LogP contribution in [0.1, 0.15) is 13.8 Å². The number of morpholine rings is 1. The first-order valence-corrected chi connectivity index (χ1v) is 7.38. The Kier molecular flexibility index (Phi) is 3.64. The highest BCUT2D eigenvalue weighted by Crippen LogP contribution is 2.29. The molecule has 18 heavy (non-hydrogen) atoms. The van der Waals surface area contributed by atoms with Crippen molar-refractivity contribution in [2.75, 3.05) is 19.8 Å². The van der Waals surface area contributed by atoms with Gasteiger partial charge in [0.2, 0.25) is 10.0 Å². The van der Waals surface area contributed by atoms with Crippen LogP contribution in [0, 0.1) is 0 Å². The lowest BCUT2D eigenvalue weighted by atomic mass is 10.1. The highest BCUT2D eigenvalue weighted by molar-refractivity contribution is 7.89. The molecule has 0 aromatic carbocycles. The van der Waals surface area contributed by atoms with Crippen LogP contribution in [0.5, 0.6) is 0 Å². The summed E-state index contributed by atoms with van der Waals surface area (Å²) in [5.41, 5.74) is -0.587. The summed E-state index contributed by atoms with van der Waals surface area (Å²) in [5.74, 6) is 0. The van der Waals surface area contributed by atoms with E-state index < -0.39 is 15.6 Å². The topological polar surface area (TPSA) is 59.5 Å². The van der Waals surface area contributed by atoms with Crippen molar-refractivity contribution in [3.05, 3.63) is 23.5 Å². The average molecular weight is 291 g/mol. The molecule has 0 atom stereocenters. The van der Waals surface area contributed by atoms with Gasteiger partial charge in [0.15, 0.2) is 0 Å². The number of ether oxygens (including phenoxy) is 1. The molecule has 1 fully saturated rings. The fraction of sp³-hybridized carbons (Fsp3) is 0.545. The third kappa shape index (κ3) is 2.38. The predicted molar refractivity (Wildman–Crippen MR) is 68.0 cm³/mol. The summed E-state index contributed by atoms with van der Waals surface area (Å²) in [6, 6.07) is 3.03. The van der Waals surface area contributed by atoms with Crippen molar-refractivity contribution >= 4 is 21.6 Å². The van der Waals surface area contributed by atoms with Crippen molar-refractivity contribution in [2.45, 2.75) is 24.3 Å². The number of nitrogens with zero attached hydrogens (tertiary/aromatic N) is 2. The van der Waals surface area contributed by atoms with E-state index in [1.54, 1.807) is 6.07 Å². The van der Waals surface area contributed by atoms with Gasteiger partial charge in [0.1, 0.15) is 10.0 Å². The van der Waals surface area contributed by atoms with Gasteiger partial charge in [-0.05, 0) is 26.0 Å². The summed E-state index contributed by atoms with van der Waals surface area (Å²) in [7, 11) is -3.64. The van der Waals surface area contributed by atoms with Gasteiger partial charge in [0.25, 0.3) is 0 Å². The summed E-state index contributed by atoms with van der Waals surface area (Å²) in [6.07, 6.45) is 1.46. The second kappa shape index (κ2) is 4.77. The normalized spacial score (nSPS) is 20.8. The highest BCUT2D eigenvalue weighted by atomic mass is 35.5. The van der Waals surface area contributed by atoms with E-state index in [0.29, 0.717) is 19.8 Å². The minimum absolute atomic E-state index is 0.000193. The van der Waals surface area contributed by atoms with E-state index in [4.69, 9.17) is 16.3 Å². The largest absolute Gasteiger partial charge is 0.378 e. The molecule has 2 heterocycles. The third-order valence-corrected chi connectivity index (χ3v) is 5.42. The molecule has 2 rings (SSSR count). The van der Waals surface area contributed by atoms with Gasteiger partial charge in [0, 0.05) is 12.7 Å². The molecule has 0 bridgehead atoms. The van der Waals surface area contributed by atoms with Gasteiger partial charge in [0.05, 0.1) is 18.8 Å². The first-order chi connectivity index (χ1) is 8.36. The second-order valence-corrected chi connectivity index (χ2v) is 6.92. The quantitative estimate of drug-likeness (QED) is 0.775. The summed E-state index contributed by atoms with van der Waals surface area (Å²) < 4.78 is 31.9. The number of halogens is 1. The van der Waals surface area contributed by atoms with Gasteiger partial charge in [-0.1, -0.05) is 11.6 Å². The van der Waals surface area contributed by atoms with E-state index in [1.165, 1.54) is 16.6 Å². The number of hydrogen-bond donors (Lipinski definition) is 0. The number of rotatable bonds is 2. The van der Waals surface area contributed by atoms with Crippen molar-refractivity contribution in [3.63, 3.8) is 0 Å². The average Bonchev–Trinajstić information content (AvgIpc) is 2.28. The molecule has 0 N–H and O–H groups in total. The van der Waals surface area contributed by atoms with E-state index in [1.807, 2.05) is 13.8 Å². The molecule has 0 spiro atoms. The second-order valence-electron chi connectivity index (χ2n) is 4.73. The number of pyridine rings is 1. The predicted octanol–water partition coefficient (Wildman–Crippen LogP) is 1.53. The van der Waals surface area contributed by atoms with E-state index in [-0.39, 0.29) is 10.0 Å². The molecule has 1 aliphatic rings. The Morgan fingerprint density at radius 1 is 1.50 bits per heavy atom. The van der Waals surface area contributed by atoms with Crippen molar-refractivity contribution in [2.24, 2.45) is 0 Å². The zero-order valence-corrected chi connectivity index (χ0v) is 11.8. The molecule has 0 radical (unpaired) electrons. The number of hydrogen-bond acceptors (Lipinski definition) is 4. The molecule has 1 aromatic rings. The van der Waals surface area contributed by atoms with Crippen LogP contribution in [0.2, 0.25) is 5.15 Å². The van der Waals surface area contributed by atoms with Crippen LogP contribution in [0.4, 0.5) is 0 Å². The minimum Gasteiger partial charge on any atom is -0.378 e. The molecule has 1 aromatic heterocycles. The van der Waals surface area contributed by atoms with Gasteiger partial charge in [-0.2, -0.15) is 4.31 Å². The van der Waals surface area contributed by atoms with Crippen LogP contribution in [0.25, 0.3) is 0 Å². The van der Waals surface area contributed by atoms with Gasteiger partial charge in [-0.25, -0.2) is 13.4 Å². The van der Waals surface area contributed by atoms with Crippen LogP contribution in [-0.4, -0.2) is 43.0 Å². The Labute approximate surface area is 112 Å². The Hall–Kier alpha value is -0.690. The maximum Gasteiger partial charge on any atom is 0.246 e. The standard InChI is InChI=1S/C11H15ClN2O3S/c1-11(2)8-17-7-6-14(11)18(15,16)9-4-3-5-13-10(9)12/h3-5H,6-8H2,1-2H3. The van der Waals surface area contributed by atoms with Crippen molar-refractivity contribution in [3.8, 4) is 0 Å². The fourth-order valence-electron chi connectivity index (χ4n) is 1.97. The highest BCUT2D eigenvalue weighted by Gasteiger charge is 2.40. The maximum atomic E-state index is 12.6.